The fourth-order valence-electron chi connectivity index (χ4n) is 2.71. The van der Waals surface area contributed by atoms with E-state index in [-0.39, 0.29) is 0 Å². The highest BCUT2D eigenvalue weighted by Gasteiger charge is 2.13. The molecule has 0 amide bonds. The van der Waals surface area contributed by atoms with Gasteiger partial charge in [0.15, 0.2) is 0 Å². The molecule has 0 spiro atoms. The van der Waals surface area contributed by atoms with Gasteiger partial charge in [0, 0.05) is 19.6 Å². The minimum atomic E-state index is -0.405. The highest BCUT2D eigenvalue weighted by Crippen LogP contribution is 2.21. The van der Waals surface area contributed by atoms with Gasteiger partial charge >= 0.3 is 0 Å². The van der Waals surface area contributed by atoms with Gasteiger partial charge in [-0.05, 0) is 42.9 Å². The second-order valence-corrected chi connectivity index (χ2v) is 6.85. The van der Waals surface area contributed by atoms with Crippen molar-refractivity contribution in [2.45, 2.75) is 47.1 Å². The molecule has 1 unspecified atom stereocenters. The average molecular weight is 307 g/mol. The molecule has 1 aromatic rings. The Balaban J connectivity index is 2.52. The molecular weight excluding hydrogens is 274 g/mol. The maximum absolute atomic E-state index is 10.4. The zero-order valence-corrected chi connectivity index (χ0v) is 14.9. The SMILES string of the molecule is CCOc1ccc(C(O)CCN(CC(C)C)CC(C)C)cc1. The van der Waals surface area contributed by atoms with Crippen LogP contribution in [0.4, 0.5) is 0 Å². The van der Waals surface area contributed by atoms with Crippen LogP contribution in [0.5, 0.6) is 5.75 Å². The van der Waals surface area contributed by atoms with Gasteiger partial charge < -0.3 is 14.7 Å². The summed E-state index contributed by atoms with van der Waals surface area (Å²) in [4.78, 5) is 2.47. The largest absolute Gasteiger partial charge is 0.494 e. The second-order valence-electron chi connectivity index (χ2n) is 6.85. The molecule has 1 rings (SSSR count). The van der Waals surface area contributed by atoms with Crippen molar-refractivity contribution < 1.29 is 9.84 Å². The summed E-state index contributed by atoms with van der Waals surface area (Å²) in [7, 11) is 0. The number of hydrogen-bond acceptors (Lipinski definition) is 3. The maximum atomic E-state index is 10.4. The Bertz CT molecular complexity index is 390. The van der Waals surface area contributed by atoms with Gasteiger partial charge in [0.1, 0.15) is 5.75 Å². The zero-order chi connectivity index (χ0) is 16.5. The molecule has 0 saturated carbocycles. The standard InChI is InChI=1S/C19H33NO2/c1-6-22-18-9-7-17(8-10-18)19(21)11-12-20(13-15(2)3)14-16(4)5/h7-10,15-16,19,21H,6,11-14H2,1-5H3. The van der Waals surface area contributed by atoms with Crippen LogP contribution in [-0.4, -0.2) is 36.2 Å². The monoisotopic (exact) mass is 307 g/mol. The summed E-state index contributed by atoms with van der Waals surface area (Å²) in [5.41, 5.74) is 0.970. The Hall–Kier alpha value is -1.06. The van der Waals surface area contributed by atoms with Gasteiger partial charge in [0.05, 0.1) is 12.7 Å². The number of aliphatic hydroxyl groups is 1. The molecule has 0 heterocycles. The van der Waals surface area contributed by atoms with Gasteiger partial charge in [0.2, 0.25) is 0 Å². The minimum Gasteiger partial charge on any atom is -0.494 e. The quantitative estimate of drug-likeness (QED) is 0.705. The molecule has 1 N–H and O–H groups in total. The Morgan fingerprint density at radius 3 is 2.00 bits per heavy atom. The molecule has 22 heavy (non-hydrogen) atoms. The third-order valence-electron chi connectivity index (χ3n) is 3.54. The number of ether oxygens (including phenoxy) is 1. The smallest absolute Gasteiger partial charge is 0.119 e. The van der Waals surface area contributed by atoms with Crippen molar-refractivity contribution in [1.82, 2.24) is 4.90 Å². The Morgan fingerprint density at radius 2 is 1.55 bits per heavy atom. The van der Waals surface area contributed by atoms with Crippen molar-refractivity contribution in [3.8, 4) is 5.75 Å². The van der Waals surface area contributed by atoms with E-state index in [2.05, 4.69) is 32.6 Å². The molecule has 0 radical (unpaired) electrons. The van der Waals surface area contributed by atoms with Gasteiger partial charge in [0.25, 0.3) is 0 Å². The molecule has 126 valence electrons. The summed E-state index contributed by atoms with van der Waals surface area (Å²) in [6, 6.07) is 7.79. The Morgan fingerprint density at radius 1 is 1.00 bits per heavy atom. The molecule has 1 atom stereocenters. The molecule has 0 fully saturated rings. The molecule has 3 heteroatoms. The van der Waals surface area contributed by atoms with Gasteiger partial charge in [-0.25, -0.2) is 0 Å². The molecule has 0 aliphatic rings. The van der Waals surface area contributed by atoms with Gasteiger partial charge in [-0.3, -0.25) is 0 Å². The number of aliphatic hydroxyl groups excluding tert-OH is 1. The lowest BCUT2D eigenvalue weighted by atomic mass is 10.1. The van der Waals surface area contributed by atoms with Gasteiger partial charge in [-0.15, -0.1) is 0 Å². The molecule has 0 aromatic heterocycles. The van der Waals surface area contributed by atoms with E-state index in [1.54, 1.807) is 0 Å². The van der Waals surface area contributed by atoms with Crippen molar-refractivity contribution >= 4 is 0 Å². The first-order valence-electron chi connectivity index (χ1n) is 8.55. The second kappa shape index (κ2) is 9.86. The third kappa shape index (κ3) is 7.28. The first-order valence-corrected chi connectivity index (χ1v) is 8.55. The van der Waals surface area contributed by atoms with Gasteiger partial charge in [-0.1, -0.05) is 39.8 Å². The highest BCUT2D eigenvalue weighted by molar-refractivity contribution is 5.28. The van der Waals surface area contributed by atoms with E-state index >= 15 is 0 Å². The van der Waals surface area contributed by atoms with Crippen molar-refractivity contribution in [2.24, 2.45) is 11.8 Å². The highest BCUT2D eigenvalue weighted by atomic mass is 16.5. The molecule has 0 bridgehead atoms. The van der Waals surface area contributed by atoms with E-state index in [0.717, 1.165) is 37.4 Å². The van der Waals surface area contributed by atoms with Crippen LogP contribution in [0.1, 0.15) is 52.7 Å². The average Bonchev–Trinajstić information content (AvgIpc) is 2.44. The maximum Gasteiger partial charge on any atom is 0.119 e. The Kier molecular flexibility index (Phi) is 8.51. The van der Waals surface area contributed by atoms with E-state index in [1.165, 1.54) is 0 Å². The van der Waals surface area contributed by atoms with E-state index in [9.17, 15) is 5.11 Å². The number of benzene rings is 1. The third-order valence-corrected chi connectivity index (χ3v) is 3.54. The molecule has 0 aliphatic carbocycles. The minimum absolute atomic E-state index is 0.405. The first-order chi connectivity index (χ1) is 10.4. The van der Waals surface area contributed by atoms with E-state index in [0.29, 0.717) is 18.4 Å². The number of hydrogen-bond donors (Lipinski definition) is 1. The van der Waals surface area contributed by atoms with Crippen LogP contribution in [-0.2, 0) is 0 Å². The van der Waals surface area contributed by atoms with E-state index in [1.807, 2.05) is 31.2 Å². The van der Waals surface area contributed by atoms with E-state index < -0.39 is 6.10 Å². The molecule has 0 saturated heterocycles. The fraction of sp³-hybridized carbons (Fsp3) is 0.684. The van der Waals surface area contributed by atoms with Crippen LogP contribution in [0.25, 0.3) is 0 Å². The summed E-state index contributed by atoms with van der Waals surface area (Å²) in [5, 5.41) is 10.4. The van der Waals surface area contributed by atoms with Crippen LogP contribution in [0, 0.1) is 11.8 Å². The van der Waals surface area contributed by atoms with E-state index in [4.69, 9.17) is 4.74 Å². The summed E-state index contributed by atoms with van der Waals surface area (Å²) < 4.78 is 5.44. The zero-order valence-electron chi connectivity index (χ0n) is 14.9. The predicted octanol–water partition coefficient (Wildman–Crippen LogP) is 4.12. The van der Waals surface area contributed by atoms with Crippen LogP contribution >= 0.6 is 0 Å². The first kappa shape index (κ1) is 19.0. The summed E-state index contributed by atoms with van der Waals surface area (Å²) in [6.07, 6.45) is 0.366. The van der Waals surface area contributed by atoms with Crippen LogP contribution in [0.3, 0.4) is 0 Å². The lowest BCUT2D eigenvalue weighted by Crippen LogP contribution is -2.33. The van der Waals surface area contributed by atoms with Gasteiger partial charge in [-0.2, -0.15) is 0 Å². The van der Waals surface area contributed by atoms with Crippen LogP contribution in [0.2, 0.25) is 0 Å². The summed E-state index contributed by atoms with van der Waals surface area (Å²) >= 11 is 0. The number of rotatable bonds is 10. The normalized spacial score (nSPS) is 13.1. The van der Waals surface area contributed by atoms with Crippen molar-refractivity contribution in [3.63, 3.8) is 0 Å². The lowest BCUT2D eigenvalue weighted by molar-refractivity contribution is 0.131. The molecule has 0 aliphatic heterocycles. The van der Waals surface area contributed by atoms with Crippen LogP contribution < -0.4 is 4.74 Å². The molecule has 3 nitrogen and oxygen atoms in total. The van der Waals surface area contributed by atoms with Crippen molar-refractivity contribution in [1.29, 1.82) is 0 Å². The van der Waals surface area contributed by atoms with Crippen molar-refractivity contribution in [3.05, 3.63) is 29.8 Å². The molecular formula is C19H33NO2. The number of nitrogens with zero attached hydrogens (tertiary/aromatic N) is 1. The van der Waals surface area contributed by atoms with Crippen LogP contribution in [0.15, 0.2) is 24.3 Å². The molecule has 1 aromatic carbocycles. The Labute approximate surface area is 136 Å². The summed E-state index contributed by atoms with van der Waals surface area (Å²) in [5.74, 6) is 2.17. The lowest BCUT2D eigenvalue weighted by Gasteiger charge is -2.27. The summed E-state index contributed by atoms with van der Waals surface area (Å²) in [6.45, 7) is 14.7. The topological polar surface area (TPSA) is 32.7 Å². The predicted molar refractivity (Wildman–Crippen MR) is 93.3 cm³/mol. The fourth-order valence-corrected chi connectivity index (χ4v) is 2.71. The van der Waals surface area contributed by atoms with Crippen molar-refractivity contribution in [2.75, 3.05) is 26.2 Å².